The number of ether oxygens (including phenoxy) is 3. The topological polar surface area (TPSA) is 27.7 Å². The van der Waals surface area contributed by atoms with Crippen LogP contribution in [0.3, 0.4) is 0 Å². The van der Waals surface area contributed by atoms with E-state index in [2.05, 4.69) is 77.9 Å². The van der Waals surface area contributed by atoms with E-state index >= 15 is 0 Å². The highest BCUT2D eigenvalue weighted by Gasteiger charge is 2.22. The van der Waals surface area contributed by atoms with Gasteiger partial charge in [0, 0.05) is 5.92 Å². The minimum Gasteiger partial charge on any atom is -0.496 e. The first-order chi connectivity index (χ1) is 14.7. The van der Waals surface area contributed by atoms with Crippen molar-refractivity contribution in [3.8, 4) is 17.2 Å². The van der Waals surface area contributed by atoms with Crippen molar-refractivity contribution in [3.63, 3.8) is 0 Å². The lowest BCUT2D eigenvalue weighted by molar-refractivity contribution is 0.408. The van der Waals surface area contributed by atoms with E-state index in [-0.39, 0.29) is 5.92 Å². The van der Waals surface area contributed by atoms with Crippen molar-refractivity contribution in [3.05, 3.63) is 86.5 Å². The van der Waals surface area contributed by atoms with Gasteiger partial charge in [-0.15, -0.1) is 0 Å². The van der Waals surface area contributed by atoms with Crippen LogP contribution in [0, 0.1) is 41.5 Å². The van der Waals surface area contributed by atoms with Crippen LogP contribution in [0.1, 0.15) is 56.0 Å². The molecule has 31 heavy (non-hydrogen) atoms. The summed E-state index contributed by atoms with van der Waals surface area (Å²) in [5.41, 5.74) is 10.6. The molecule has 0 radical (unpaired) electrons. The molecule has 0 unspecified atom stereocenters. The minimum atomic E-state index is 0.0925. The van der Waals surface area contributed by atoms with Gasteiger partial charge in [-0.1, -0.05) is 36.4 Å². The normalized spacial score (nSPS) is 11.0. The predicted molar refractivity (Wildman–Crippen MR) is 128 cm³/mol. The molecule has 0 saturated heterocycles. The van der Waals surface area contributed by atoms with Gasteiger partial charge in [-0.25, -0.2) is 0 Å². The Kier molecular flexibility index (Phi) is 6.64. The van der Waals surface area contributed by atoms with Crippen molar-refractivity contribution >= 4 is 0 Å². The molecule has 3 heteroatoms. The molecule has 0 spiro atoms. The first-order valence-electron chi connectivity index (χ1n) is 10.7. The second-order valence-electron chi connectivity index (χ2n) is 8.50. The van der Waals surface area contributed by atoms with Crippen LogP contribution in [0.5, 0.6) is 17.2 Å². The Bertz CT molecular complexity index is 901. The third-order valence-electron chi connectivity index (χ3n) is 6.06. The SMILES string of the molecule is COc1c(C)cc(C(c2cc(C)c(OC)c(C)c2)c2cc(C)c(OC)c(C)c2)cc1C. The van der Waals surface area contributed by atoms with Crippen LogP contribution in [-0.4, -0.2) is 21.3 Å². The highest BCUT2D eigenvalue weighted by Crippen LogP contribution is 2.40. The summed E-state index contributed by atoms with van der Waals surface area (Å²) < 4.78 is 16.9. The van der Waals surface area contributed by atoms with Gasteiger partial charge in [-0.3, -0.25) is 0 Å². The third-order valence-corrected chi connectivity index (χ3v) is 6.06. The molecular weight excluding hydrogens is 384 g/mol. The summed E-state index contributed by atoms with van der Waals surface area (Å²) in [5, 5.41) is 0. The van der Waals surface area contributed by atoms with Gasteiger partial charge in [0.15, 0.2) is 0 Å². The fourth-order valence-electron chi connectivity index (χ4n) is 4.99. The second kappa shape index (κ2) is 9.05. The molecule has 0 aromatic heterocycles. The van der Waals surface area contributed by atoms with Gasteiger partial charge in [0.2, 0.25) is 0 Å². The van der Waals surface area contributed by atoms with E-state index in [0.29, 0.717) is 0 Å². The van der Waals surface area contributed by atoms with Crippen LogP contribution >= 0.6 is 0 Å². The maximum Gasteiger partial charge on any atom is 0.124 e. The summed E-state index contributed by atoms with van der Waals surface area (Å²) in [4.78, 5) is 0. The van der Waals surface area contributed by atoms with Gasteiger partial charge >= 0.3 is 0 Å². The highest BCUT2D eigenvalue weighted by atomic mass is 16.5. The molecule has 0 bridgehead atoms. The molecule has 0 aliphatic heterocycles. The van der Waals surface area contributed by atoms with E-state index in [1.807, 2.05) is 0 Å². The molecule has 3 rings (SSSR count). The maximum absolute atomic E-state index is 5.63. The van der Waals surface area contributed by atoms with Crippen molar-refractivity contribution < 1.29 is 14.2 Å². The standard InChI is InChI=1S/C28H34O3/c1-16-10-22(11-17(2)26(16)29-7)25(23-12-18(3)27(30-8)19(4)13-23)24-14-20(5)28(31-9)21(6)15-24/h10-15,25H,1-9H3. The molecule has 3 aromatic rings. The van der Waals surface area contributed by atoms with E-state index in [0.717, 1.165) is 50.6 Å². The Hall–Kier alpha value is -2.94. The van der Waals surface area contributed by atoms with E-state index in [9.17, 15) is 0 Å². The summed E-state index contributed by atoms with van der Waals surface area (Å²) in [6, 6.07) is 13.5. The zero-order valence-corrected chi connectivity index (χ0v) is 20.3. The summed E-state index contributed by atoms with van der Waals surface area (Å²) >= 11 is 0. The molecule has 164 valence electrons. The van der Waals surface area contributed by atoms with Crippen LogP contribution < -0.4 is 14.2 Å². The van der Waals surface area contributed by atoms with Crippen LogP contribution in [0.15, 0.2) is 36.4 Å². The van der Waals surface area contributed by atoms with Crippen molar-refractivity contribution in [1.29, 1.82) is 0 Å². The lowest BCUT2D eigenvalue weighted by Gasteiger charge is -2.24. The minimum absolute atomic E-state index is 0.0925. The molecule has 0 saturated carbocycles. The van der Waals surface area contributed by atoms with Crippen molar-refractivity contribution in [2.75, 3.05) is 21.3 Å². The Morgan fingerprint density at radius 2 is 0.613 bits per heavy atom. The van der Waals surface area contributed by atoms with E-state index in [1.165, 1.54) is 16.7 Å². The smallest absolute Gasteiger partial charge is 0.124 e. The Morgan fingerprint density at radius 3 is 0.774 bits per heavy atom. The molecule has 0 aliphatic rings. The van der Waals surface area contributed by atoms with Gasteiger partial charge in [0.05, 0.1) is 21.3 Å². The summed E-state index contributed by atoms with van der Waals surface area (Å²) in [6.45, 7) is 12.7. The lowest BCUT2D eigenvalue weighted by atomic mass is 9.81. The van der Waals surface area contributed by atoms with Crippen molar-refractivity contribution in [2.45, 2.75) is 47.5 Å². The van der Waals surface area contributed by atoms with Gasteiger partial charge in [-0.05, 0) is 91.6 Å². The fourth-order valence-corrected chi connectivity index (χ4v) is 4.99. The zero-order chi connectivity index (χ0) is 22.9. The number of hydrogen-bond donors (Lipinski definition) is 0. The van der Waals surface area contributed by atoms with Gasteiger partial charge in [-0.2, -0.15) is 0 Å². The molecule has 0 aliphatic carbocycles. The van der Waals surface area contributed by atoms with Crippen molar-refractivity contribution in [1.82, 2.24) is 0 Å². The lowest BCUT2D eigenvalue weighted by Crippen LogP contribution is -2.08. The average molecular weight is 419 g/mol. The molecule has 0 fully saturated rings. The Labute approximate surface area is 187 Å². The summed E-state index contributed by atoms with van der Waals surface area (Å²) in [6.07, 6.45) is 0. The number of aryl methyl sites for hydroxylation is 6. The molecule has 0 amide bonds. The van der Waals surface area contributed by atoms with Crippen LogP contribution in [0.4, 0.5) is 0 Å². The fraction of sp³-hybridized carbons (Fsp3) is 0.357. The molecule has 0 atom stereocenters. The quantitative estimate of drug-likeness (QED) is 0.415. The first kappa shape index (κ1) is 22.7. The van der Waals surface area contributed by atoms with Crippen LogP contribution in [0.2, 0.25) is 0 Å². The first-order valence-corrected chi connectivity index (χ1v) is 10.7. The number of rotatable bonds is 6. The number of benzene rings is 3. The maximum atomic E-state index is 5.63. The third kappa shape index (κ3) is 4.27. The number of hydrogen-bond acceptors (Lipinski definition) is 3. The number of methoxy groups -OCH3 is 3. The van der Waals surface area contributed by atoms with E-state index in [4.69, 9.17) is 14.2 Å². The molecule has 0 N–H and O–H groups in total. The average Bonchev–Trinajstić information content (AvgIpc) is 2.67. The van der Waals surface area contributed by atoms with Crippen LogP contribution in [0.25, 0.3) is 0 Å². The highest BCUT2D eigenvalue weighted by molar-refractivity contribution is 5.56. The molecule has 3 nitrogen and oxygen atoms in total. The Morgan fingerprint density at radius 1 is 0.419 bits per heavy atom. The van der Waals surface area contributed by atoms with Gasteiger partial charge in [0.25, 0.3) is 0 Å². The monoisotopic (exact) mass is 418 g/mol. The summed E-state index contributed by atoms with van der Waals surface area (Å²) in [7, 11) is 5.20. The summed E-state index contributed by atoms with van der Waals surface area (Å²) in [5.74, 6) is 2.94. The van der Waals surface area contributed by atoms with Crippen LogP contribution in [-0.2, 0) is 0 Å². The zero-order valence-electron chi connectivity index (χ0n) is 20.3. The van der Waals surface area contributed by atoms with E-state index in [1.54, 1.807) is 21.3 Å². The molecule has 3 aromatic carbocycles. The van der Waals surface area contributed by atoms with E-state index < -0.39 is 0 Å². The van der Waals surface area contributed by atoms with Gasteiger partial charge < -0.3 is 14.2 Å². The second-order valence-corrected chi connectivity index (χ2v) is 8.50. The molecule has 0 heterocycles. The van der Waals surface area contributed by atoms with Gasteiger partial charge in [0.1, 0.15) is 17.2 Å². The molecular formula is C28H34O3. The van der Waals surface area contributed by atoms with Crippen molar-refractivity contribution in [2.24, 2.45) is 0 Å². The largest absolute Gasteiger partial charge is 0.496 e. The Balaban J connectivity index is 2.31. The predicted octanol–water partition coefficient (Wildman–Crippen LogP) is 6.74.